The fourth-order valence-electron chi connectivity index (χ4n) is 2.61. The Kier molecular flexibility index (Phi) is 6.50. The number of carbonyl (C=O) groups is 2. The third-order valence-corrected chi connectivity index (χ3v) is 4.05. The monoisotopic (exact) mass is 353 g/mol. The van der Waals surface area contributed by atoms with E-state index in [1.54, 1.807) is 6.07 Å². The maximum Gasteiger partial charge on any atom is 0.274 e. The molecule has 0 saturated carbocycles. The SMILES string of the molecule is CCCCNC(=O)c1ccnc(C(=O)Nc2ccccc2C(C)(C)C)c1. The third-order valence-electron chi connectivity index (χ3n) is 4.05. The van der Waals surface area contributed by atoms with Crippen molar-refractivity contribution in [1.82, 2.24) is 10.3 Å². The summed E-state index contributed by atoms with van der Waals surface area (Å²) in [5.74, 6) is -0.519. The average Bonchev–Trinajstić information content (AvgIpc) is 2.61. The van der Waals surface area contributed by atoms with Crippen LogP contribution < -0.4 is 10.6 Å². The highest BCUT2D eigenvalue weighted by Crippen LogP contribution is 2.29. The molecule has 1 heterocycles. The van der Waals surface area contributed by atoms with Crippen LogP contribution in [-0.2, 0) is 5.41 Å². The second-order valence-corrected chi connectivity index (χ2v) is 7.29. The van der Waals surface area contributed by atoms with Crippen LogP contribution in [0.2, 0.25) is 0 Å². The fraction of sp³-hybridized carbons (Fsp3) is 0.381. The molecule has 1 aromatic heterocycles. The van der Waals surface area contributed by atoms with Crippen LogP contribution >= 0.6 is 0 Å². The van der Waals surface area contributed by atoms with Gasteiger partial charge in [-0.15, -0.1) is 0 Å². The lowest BCUT2D eigenvalue weighted by molar-refractivity contribution is 0.0953. The summed E-state index contributed by atoms with van der Waals surface area (Å²) in [6.45, 7) is 8.97. The molecule has 0 unspecified atom stereocenters. The largest absolute Gasteiger partial charge is 0.352 e. The zero-order valence-corrected chi connectivity index (χ0v) is 15.9. The van der Waals surface area contributed by atoms with Gasteiger partial charge in [0.15, 0.2) is 0 Å². The van der Waals surface area contributed by atoms with E-state index >= 15 is 0 Å². The van der Waals surface area contributed by atoms with E-state index in [-0.39, 0.29) is 22.9 Å². The van der Waals surface area contributed by atoms with Gasteiger partial charge in [0.2, 0.25) is 0 Å². The maximum atomic E-state index is 12.6. The van der Waals surface area contributed by atoms with E-state index in [2.05, 4.69) is 43.3 Å². The summed E-state index contributed by atoms with van der Waals surface area (Å²) in [4.78, 5) is 28.9. The van der Waals surface area contributed by atoms with E-state index in [9.17, 15) is 9.59 Å². The van der Waals surface area contributed by atoms with Crippen molar-refractivity contribution < 1.29 is 9.59 Å². The van der Waals surface area contributed by atoms with Crippen molar-refractivity contribution in [3.63, 3.8) is 0 Å². The number of para-hydroxylation sites is 1. The molecule has 0 fully saturated rings. The predicted molar refractivity (Wildman–Crippen MR) is 105 cm³/mol. The van der Waals surface area contributed by atoms with Crippen molar-refractivity contribution in [2.45, 2.75) is 46.0 Å². The number of nitrogens with one attached hydrogen (secondary N) is 2. The smallest absolute Gasteiger partial charge is 0.274 e. The van der Waals surface area contributed by atoms with Crippen molar-refractivity contribution in [3.05, 3.63) is 59.4 Å². The molecule has 5 heteroatoms. The molecule has 5 nitrogen and oxygen atoms in total. The van der Waals surface area contributed by atoms with Crippen LogP contribution in [-0.4, -0.2) is 23.3 Å². The molecule has 26 heavy (non-hydrogen) atoms. The molecule has 138 valence electrons. The number of hydrogen-bond donors (Lipinski definition) is 2. The summed E-state index contributed by atoms with van der Waals surface area (Å²) < 4.78 is 0. The van der Waals surface area contributed by atoms with Crippen LogP contribution in [0.1, 0.15) is 66.9 Å². The van der Waals surface area contributed by atoms with Crippen LogP contribution in [0.4, 0.5) is 5.69 Å². The van der Waals surface area contributed by atoms with Crippen molar-refractivity contribution >= 4 is 17.5 Å². The Bertz CT molecular complexity index is 779. The van der Waals surface area contributed by atoms with Crippen molar-refractivity contribution in [3.8, 4) is 0 Å². The van der Waals surface area contributed by atoms with Crippen molar-refractivity contribution in [2.75, 3.05) is 11.9 Å². The second kappa shape index (κ2) is 8.61. The van der Waals surface area contributed by atoms with Gasteiger partial charge in [0, 0.05) is 24.0 Å². The first-order valence-corrected chi connectivity index (χ1v) is 8.98. The molecule has 2 N–H and O–H groups in total. The summed E-state index contributed by atoms with van der Waals surface area (Å²) >= 11 is 0. The number of pyridine rings is 1. The number of aromatic nitrogens is 1. The van der Waals surface area contributed by atoms with Gasteiger partial charge in [0.1, 0.15) is 5.69 Å². The third kappa shape index (κ3) is 5.15. The highest BCUT2D eigenvalue weighted by molar-refractivity contribution is 6.05. The summed E-state index contributed by atoms with van der Waals surface area (Å²) in [6, 6.07) is 10.9. The van der Waals surface area contributed by atoms with E-state index in [1.165, 1.54) is 12.3 Å². The standard InChI is InChI=1S/C21H27N3O2/c1-5-6-12-23-19(25)15-11-13-22-18(14-15)20(26)24-17-10-8-7-9-16(17)21(2,3)4/h7-11,13-14H,5-6,12H2,1-4H3,(H,23,25)(H,24,26). The number of unbranched alkanes of at least 4 members (excludes halogenated alkanes) is 1. The normalized spacial score (nSPS) is 11.1. The van der Waals surface area contributed by atoms with Gasteiger partial charge in [-0.25, -0.2) is 0 Å². The minimum atomic E-state index is -0.329. The van der Waals surface area contributed by atoms with Crippen LogP contribution in [0, 0.1) is 0 Å². The highest BCUT2D eigenvalue weighted by Gasteiger charge is 2.19. The Morgan fingerprint density at radius 1 is 1.08 bits per heavy atom. The van der Waals surface area contributed by atoms with Gasteiger partial charge in [-0.1, -0.05) is 52.3 Å². The number of nitrogens with zero attached hydrogens (tertiary/aromatic N) is 1. The lowest BCUT2D eigenvalue weighted by Gasteiger charge is -2.22. The number of hydrogen-bond acceptors (Lipinski definition) is 3. The summed E-state index contributed by atoms with van der Waals surface area (Å²) in [6.07, 6.45) is 3.42. The minimum absolute atomic E-state index is 0.0989. The average molecular weight is 353 g/mol. The number of anilines is 1. The lowest BCUT2D eigenvalue weighted by Crippen LogP contribution is -2.25. The Balaban J connectivity index is 2.16. The fourth-order valence-corrected chi connectivity index (χ4v) is 2.61. The molecule has 0 radical (unpaired) electrons. The first-order chi connectivity index (χ1) is 12.3. The van der Waals surface area contributed by atoms with Gasteiger partial charge in [-0.05, 0) is 35.6 Å². The van der Waals surface area contributed by atoms with E-state index in [0.29, 0.717) is 12.1 Å². The van der Waals surface area contributed by atoms with Gasteiger partial charge in [0.25, 0.3) is 11.8 Å². The van der Waals surface area contributed by atoms with Crippen LogP contribution in [0.5, 0.6) is 0 Å². The predicted octanol–water partition coefficient (Wildman–Crippen LogP) is 4.16. The Morgan fingerprint density at radius 2 is 1.81 bits per heavy atom. The molecule has 0 aliphatic carbocycles. The highest BCUT2D eigenvalue weighted by atomic mass is 16.2. The maximum absolute atomic E-state index is 12.6. The number of carbonyl (C=O) groups excluding carboxylic acids is 2. The summed E-state index contributed by atoms with van der Waals surface area (Å²) in [5.41, 5.74) is 2.35. The van der Waals surface area contributed by atoms with E-state index in [0.717, 1.165) is 24.1 Å². The Labute approximate surface area is 155 Å². The molecule has 0 bridgehead atoms. The first kappa shape index (κ1) is 19.6. The molecule has 2 aromatic rings. The van der Waals surface area contributed by atoms with Crippen molar-refractivity contribution in [2.24, 2.45) is 0 Å². The van der Waals surface area contributed by atoms with Crippen LogP contribution in [0.25, 0.3) is 0 Å². The molecular weight excluding hydrogens is 326 g/mol. The molecule has 2 amide bonds. The number of benzene rings is 1. The molecule has 0 aliphatic heterocycles. The second-order valence-electron chi connectivity index (χ2n) is 7.29. The van der Waals surface area contributed by atoms with Crippen molar-refractivity contribution in [1.29, 1.82) is 0 Å². The molecule has 0 aliphatic rings. The quantitative estimate of drug-likeness (QED) is 0.766. The molecule has 2 rings (SSSR count). The van der Waals surface area contributed by atoms with E-state index < -0.39 is 0 Å². The van der Waals surface area contributed by atoms with Gasteiger partial charge < -0.3 is 10.6 Å². The number of rotatable bonds is 6. The molecular formula is C21H27N3O2. The van der Waals surface area contributed by atoms with Gasteiger partial charge in [0.05, 0.1) is 0 Å². The van der Waals surface area contributed by atoms with Crippen LogP contribution in [0.3, 0.4) is 0 Å². The molecule has 0 saturated heterocycles. The molecule has 0 atom stereocenters. The topological polar surface area (TPSA) is 71.1 Å². The lowest BCUT2D eigenvalue weighted by atomic mass is 9.86. The Morgan fingerprint density at radius 3 is 2.50 bits per heavy atom. The van der Waals surface area contributed by atoms with Crippen LogP contribution in [0.15, 0.2) is 42.6 Å². The van der Waals surface area contributed by atoms with Gasteiger partial charge >= 0.3 is 0 Å². The molecule has 0 spiro atoms. The number of amides is 2. The molecule has 1 aromatic carbocycles. The van der Waals surface area contributed by atoms with Gasteiger partial charge in [-0.3, -0.25) is 14.6 Å². The zero-order chi connectivity index (χ0) is 19.2. The van der Waals surface area contributed by atoms with E-state index in [1.807, 2.05) is 24.3 Å². The first-order valence-electron chi connectivity index (χ1n) is 8.98. The minimum Gasteiger partial charge on any atom is -0.352 e. The van der Waals surface area contributed by atoms with Gasteiger partial charge in [-0.2, -0.15) is 0 Å². The Hall–Kier alpha value is -2.69. The summed E-state index contributed by atoms with van der Waals surface area (Å²) in [5, 5.41) is 5.76. The zero-order valence-electron chi connectivity index (χ0n) is 15.9. The van der Waals surface area contributed by atoms with E-state index in [4.69, 9.17) is 0 Å². The summed E-state index contributed by atoms with van der Waals surface area (Å²) in [7, 11) is 0.